The zero-order chi connectivity index (χ0) is 13.1. The van der Waals surface area contributed by atoms with Crippen LogP contribution in [0.1, 0.15) is 0 Å². The molecule has 0 N–H and O–H groups in total. The molecule has 0 aliphatic carbocycles. The van der Waals surface area contributed by atoms with Gasteiger partial charge >= 0.3 is 0 Å². The predicted molar refractivity (Wildman–Crippen MR) is 73.3 cm³/mol. The van der Waals surface area contributed by atoms with E-state index in [1.54, 1.807) is 18.0 Å². The molecule has 1 aromatic carbocycles. The topological polar surface area (TPSA) is 39.9 Å². The van der Waals surface area contributed by atoms with Gasteiger partial charge < -0.3 is 4.74 Å². The average Bonchev–Trinajstić information content (AvgIpc) is 2.98. The van der Waals surface area contributed by atoms with Gasteiger partial charge in [0, 0.05) is 18.0 Å². The highest BCUT2D eigenvalue weighted by atomic mass is 16.5. The van der Waals surface area contributed by atoms with Crippen molar-refractivity contribution in [3.05, 3.63) is 60.9 Å². The fraction of sp³-hybridized carbons (Fsp3) is 0.0667. The van der Waals surface area contributed by atoms with Crippen LogP contribution in [0.25, 0.3) is 17.1 Å². The van der Waals surface area contributed by atoms with Crippen LogP contribution in [0.15, 0.2) is 60.9 Å². The second kappa shape index (κ2) is 4.94. The monoisotopic (exact) mass is 251 g/mol. The second-order valence-corrected chi connectivity index (χ2v) is 4.07. The zero-order valence-electron chi connectivity index (χ0n) is 10.5. The number of benzene rings is 1. The molecule has 94 valence electrons. The van der Waals surface area contributed by atoms with Gasteiger partial charge in [-0.1, -0.05) is 18.2 Å². The maximum atomic E-state index is 5.22. The van der Waals surface area contributed by atoms with Crippen LogP contribution in [0.4, 0.5) is 0 Å². The Hall–Kier alpha value is -2.62. The molecule has 0 bridgehead atoms. The van der Waals surface area contributed by atoms with Crippen LogP contribution in [0.2, 0.25) is 0 Å². The van der Waals surface area contributed by atoms with E-state index in [0.717, 1.165) is 22.8 Å². The van der Waals surface area contributed by atoms with E-state index in [1.165, 1.54) is 0 Å². The Kier molecular flexibility index (Phi) is 2.98. The lowest BCUT2D eigenvalue weighted by molar-refractivity contribution is 0.415. The molecule has 0 saturated heterocycles. The van der Waals surface area contributed by atoms with Crippen molar-refractivity contribution >= 4 is 0 Å². The molecule has 0 aliphatic heterocycles. The van der Waals surface area contributed by atoms with Gasteiger partial charge in [-0.3, -0.25) is 0 Å². The van der Waals surface area contributed by atoms with Gasteiger partial charge in [-0.25, -0.2) is 9.67 Å². The largest absolute Gasteiger partial charge is 0.497 e. The summed E-state index contributed by atoms with van der Waals surface area (Å²) in [6.07, 6.45) is 3.65. The molecule has 0 unspecified atom stereocenters. The van der Waals surface area contributed by atoms with Crippen LogP contribution < -0.4 is 4.74 Å². The Balaban J connectivity index is 1.97. The first kappa shape index (κ1) is 11.5. The van der Waals surface area contributed by atoms with Crippen molar-refractivity contribution in [2.24, 2.45) is 0 Å². The first-order chi connectivity index (χ1) is 9.36. The molecule has 19 heavy (non-hydrogen) atoms. The molecule has 0 spiro atoms. The number of rotatable bonds is 3. The Bertz CT molecular complexity index is 677. The van der Waals surface area contributed by atoms with Crippen LogP contribution in [0, 0.1) is 0 Å². The van der Waals surface area contributed by atoms with Crippen LogP contribution >= 0.6 is 0 Å². The number of ether oxygens (including phenoxy) is 1. The van der Waals surface area contributed by atoms with Gasteiger partial charge in [-0.05, 0) is 30.3 Å². The number of hydrogen-bond acceptors (Lipinski definition) is 3. The quantitative estimate of drug-likeness (QED) is 0.718. The maximum Gasteiger partial charge on any atom is 0.153 e. The molecule has 0 radical (unpaired) electrons. The lowest BCUT2D eigenvalue weighted by Crippen LogP contribution is -1.97. The highest BCUT2D eigenvalue weighted by Gasteiger charge is 2.05. The third-order valence-electron chi connectivity index (χ3n) is 2.84. The fourth-order valence-corrected chi connectivity index (χ4v) is 1.88. The molecule has 2 aromatic heterocycles. The molecule has 3 rings (SSSR count). The van der Waals surface area contributed by atoms with E-state index in [2.05, 4.69) is 10.1 Å². The minimum absolute atomic E-state index is 0.802. The minimum Gasteiger partial charge on any atom is -0.497 e. The van der Waals surface area contributed by atoms with Crippen molar-refractivity contribution in [3.8, 4) is 22.8 Å². The Morgan fingerprint density at radius 2 is 2.00 bits per heavy atom. The third-order valence-corrected chi connectivity index (χ3v) is 2.84. The Labute approximate surface area is 111 Å². The molecular formula is C15H13N3O. The smallest absolute Gasteiger partial charge is 0.153 e. The van der Waals surface area contributed by atoms with E-state index in [4.69, 9.17) is 4.74 Å². The van der Waals surface area contributed by atoms with Crippen LogP contribution in [0.3, 0.4) is 0 Å². The van der Waals surface area contributed by atoms with Crippen molar-refractivity contribution in [1.82, 2.24) is 14.8 Å². The summed E-state index contributed by atoms with van der Waals surface area (Å²) in [5, 5.41) is 4.52. The van der Waals surface area contributed by atoms with Gasteiger partial charge in [0.25, 0.3) is 0 Å². The SMILES string of the molecule is COc1cccc(-c2ccn(-c3ccccn3)n2)c1. The average molecular weight is 251 g/mol. The third kappa shape index (κ3) is 2.33. The lowest BCUT2D eigenvalue weighted by atomic mass is 10.1. The van der Waals surface area contributed by atoms with Crippen molar-refractivity contribution in [2.45, 2.75) is 0 Å². The zero-order valence-corrected chi connectivity index (χ0v) is 10.5. The van der Waals surface area contributed by atoms with Crippen LogP contribution in [0.5, 0.6) is 5.75 Å². The Morgan fingerprint density at radius 3 is 2.79 bits per heavy atom. The van der Waals surface area contributed by atoms with E-state index in [-0.39, 0.29) is 0 Å². The summed E-state index contributed by atoms with van der Waals surface area (Å²) in [7, 11) is 1.66. The molecule has 0 fully saturated rings. The number of pyridine rings is 1. The molecule has 4 nitrogen and oxygen atoms in total. The number of nitrogens with zero attached hydrogens (tertiary/aromatic N) is 3. The highest BCUT2D eigenvalue weighted by Crippen LogP contribution is 2.22. The normalized spacial score (nSPS) is 10.4. The Morgan fingerprint density at radius 1 is 1.05 bits per heavy atom. The van der Waals surface area contributed by atoms with Crippen molar-refractivity contribution < 1.29 is 4.74 Å². The van der Waals surface area contributed by atoms with Gasteiger partial charge in [0.15, 0.2) is 5.82 Å². The highest BCUT2D eigenvalue weighted by molar-refractivity contribution is 5.60. The van der Waals surface area contributed by atoms with E-state index in [1.807, 2.05) is 54.7 Å². The van der Waals surface area contributed by atoms with Crippen molar-refractivity contribution in [3.63, 3.8) is 0 Å². The molecular weight excluding hydrogens is 238 g/mol. The number of hydrogen-bond donors (Lipinski definition) is 0. The van der Waals surface area contributed by atoms with Crippen LogP contribution in [-0.2, 0) is 0 Å². The fourth-order valence-electron chi connectivity index (χ4n) is 1.88. The van der Waals surface area contributed by atoms with E-state index >= 15 is 0 Å². The summed E-state index contributed by atoms with van der Waals surface area (Å²) in [6.45, 7) is 0. The summed E-state index contributed by atoms with van der Waals surface area (Å²) >= 11 is 0. The molecule has 0 amide bonds. The maximum absolute atomic E-state index is 5.22. The molecule has 0 aliphatic rings. The van der Waals surface area contributed by atoms with Crippen molar-refractivity contribution in [2.75, 3.05) is 7.11 Å². The first-order valence-corrected chi connectivity index (χ1v) is 5.98. The number of aromatic nitrogens is 3. The van der Waals surface area contributed by atoms with E-state index in [0.29, 0.717) is 0 Å². The molecule has 0 atom stereocenters. The molecule has 3 aromatic rings. The van der Waals surface area contributed by atoms with E-state index < -0.39 is 0 Å². The molecule has 2 heterocycles. The molecule has 0 saturated carbocycles. The van der Waals surface area contributed by atoms with Gasteiger partial charge in [0.1, 0.15) is 5.75 Å². The molecule has 4 heteroatoms. The first-order valence-electron chi connectivity index (χ1n) is 5.98. The summed E-state index contributed by atoms with van der Waals surface area (Å²) in [5.41, 5.74) is 1.92. The van der Waals surface area contributed by atoms with Crippen LogP contribution in [-0.4, -0.2) is 21.9 Å². The number of methoxy groups -OCH3 is 1. The summed E-state index contributed by atoms with van der Waals surface area (Å²) in [6, 6.07) is 15.5. The van der Waals surface area contributed by atoms with Gasteiger partial charge in [-0.15, -0.1) is 0 Å². The summed E-state index contributed by atoms with van der Waals surface area (Å²) in [5.74, 6) is 1.63. The standard InChI is InChI=1S/C15H13N3O/c1-19-13-6-4-5-12(11-13)14-8-10-18(17-14)15-7-2-3-9-16-15/h2-11H,1H3. The summed E-state index contributed by atoms with van der Waals surface area (Å²) < 4.78 is 6.98. The lowest BCUT2D eigenvalue weighted by Gasteiger charge is -2.02. The van der Waals surface area contributed by atoms with Crippen molar-refractivity contribution in [1.29, 1.82) is 0 Å². The second-order valence-electron chi connectivity index (χ2n) is 4.07. The van der Waals surface area contributed by atoms with E-state index in [9.17, 15) is 0 Å². The van der Waals surface area contributed by atoms with Gasteiger partial charge in [0.2, 0.25) is 0 Å². The summed E-state index contributed by atoms with van der Waals surface area (Å²) in [4.78, 5) is 4.27. The van der Waals surface area contributed by atoms with Gasteiger partial charge in [0.05, 0.1) is 12.8 Å². The predicted octanol–water partition coefficient (Wildman–Crippen LogP) is 2.94. The minimum atomic E-state index is 0.802. The van der Waals surface area contributed by atoms with Gasteiger partial charge in [-0.2, -0.15) is 5.10 Å².